The summed E-state index contributed by atoms with van der Waals surface area (Å²) in [5.74, 6) is -0.670. The highest BCUT2D eigenvalue weighted by molar-refractivity contribution is 5.93. The molecule has 1 unspecified atom stereocenters. The highest BCUT2D eigenvalue weighted by atomic mass is 19.1. The molecule has 2 rings (SSSR count). The fraction of sp³-hybridized carbons (Fsp3) is 0.250. The van der Waals surface area contributed by atoms with E-state index in [1.807, 2.05) is 0 Å². The third-order valence-electron chi connectivity index (χ3n) is 2.61. The number of hydrogen-bond donors (Lipinski definition) is 2. The van der Waals surface area contributed by atoms with Crippen molar-refractivity contribution in [1.82, 2.24) is 15.0 Å². The van der Waals surface area contributed by atoms with Crippen molar-refractivity contribution in [2.45, 2.75) is 19.6 Å². The van der Waals surface area contributed by atoms with Gasteiger partial charge in [0.15, 0.2) is 0 Å². The minimum Gasteiger partial charge on any atom is -0.390 e. The quantitative estimate of drug-likeness (QED) is 0.866. The number of amides is 1. The van der Waals surface area contributed by atoms with Gasteiger partial charge < -0.3 is 10.4 Å². The molecular weight excluding hydrogens is 251 g/mol. The summed E-state index contributed by atoms with van der Waals surface area (Å²) in [6.45, 7) is 1.42. The zero-order chi connectivity index (χ0) is 13.8. The molecule has 2 N–H and O–H groups in total. The zero-order valence-electron chi connectivity index (χ0n) is 10.2. The van der Waals surface area contributed by atoms with Crippen LogP contribution in [0, 0.1) is 5.82 Å². The number of nitrogens with one attached hydrogen (secondary N) is 1. The van der Waals surface area contributed by atoms with Gasteiger partial charge in [-0.25, -0.2) is 9.07 Å². The number of anilines is 1. The van der Waals surface area contributed by atoms with Crippen LogP contribution in [-0.2, 0) is 11.4 Å². The first-order valence-corrected chi connectivity index (χ1v) is 5.68. The topological polar surface area (TPSA) is 80.0 Å². The van der Waals surface area contributed by atoms with Gasteiger partial charge in [-0.2, -0.15) is 0 Å². The van der Waals surface area contributed by atoms with E-state index in [1.54, 1.807) is 6.92 Å². The number of halogens is 1. The van der Waals surface area contributed by atoms with E-state index >= 15 is 0 Å². The maximum Gasteiger partial charge on any atom is 0.249 e. The van der Waals surface area contributed by atoms with Crippen LogP contribution in [0.2, 0.25) is 0 Å². The summed E-state index contributed by atoms with van der Waals surface area (Å²) in [6, 6.07) is 4.89. The van der Waals surface area contributed by atoms with Gasteiger partial charge in [-0.05, 0) is 31.2 Å². The van der Waals surface area contributed by atoms with Crippen molar-refractivity contribution in [2.75, 3.05) is 5.32 Å². The van der Waals surface area contributed by atoms with E-state index in [0.29, 0.717) is 11.4 Å². The predicted molar refractivity (Wildman–Crippen MR) is 65.7 cm³/mol. The van der Waals surface area contributed by atoms with E-state index in [2.05, 4.69) is 15.6 Å². The number of hydrogen-bond acceptors (Lipinski definition) is 4. The van der Waals surface area contributed by atoms with Gasteiger partial charge in [0, 0.05) is 5.69 Å². The van der Waals surface area contributed by atoms with E-state index in [9.17, 15) is 9.18 Å². The normalized spacial score (nSPS) is 12.2. The molecule has 1 heterocycles. The lowest BCUT2D eigenvalue weighted by molar-refractivity contribution is -0.119. The average Bonchev–Trinajstić information content (AvgIpc) is 2.89. The van der Waals surface area contributed by atoms with E-state index in [-0.39, 0.29) is 18.3 Å². The third kappa shape index (κ3) is 3.14. The second kappa shape index (κ2) is 5.57. The molecule has 0 radical (unpaired) electrons. The van der Waals surface area contributed by atoms with Crippen molar-refractivity contribution in [3.05, 3.63) is 42.0 Å². The van der Waals surface area contributed by atoms with Crippen molar-refractivity contribution in [3.8, 4) is 0 Å². The van der Waals surface area contributed by atoms with Crippen LogP contribution in [0.15, 0.2) is 30.5 Å². The van der Waals surface area contributed by atoms with Crippen molar-refractivity contribution >= 4 is 11.6 Å². The van der Waals surface area contributed by atoms with E-state index in [1.165, 1.54) is 35.1 Å². The lowest BCUT2D eigenvalue weighted by atomic mass is 10.2. The van der Waals surface area contributed by atoms with Crippen LogP contribution in [0.3, 0.4) is 0 Å². The summed E-state index contributed by atoms with van der Waals surface area (Å²) in [4.78, 5) is 11.9. The smallest absolute Gasteiger partial charge is 0.249 e. The number of nitrogens with zero attached hydrogens (tertiary/aromatic N) is 3. The van der Waals surface area contributed by atoms with Crippen LogP contribution in [0.1, 0.15) is 18.7 Å². The molecule has 0 aliphatic heterocycles. The highest BCUT2D eigenvalue weighted by Gasteiger charge is 2.16. The van der Waals surface area contributed by atoms with E-state index < -0.39 is 6.04 Å². The second-order valence-electron chi connectivity index (χ2n) is 4.02. The van der Waals surface area contributed by atoms with Crippen LogP contribution >= 0.6 is 0 Å². The van der Waals surface area contributed by atoms with Gasteiger partial charge in [0.2, 0.25) is 5.91 Å². The molecule has 1 amide bonds. The molecule has 0 saturated heterocycles. The average molecular weight is 264 g/mol. The molecular formula is C12H13FN4O2. The zero-order valence-corrected chi connectivity index (χ0v) is 10.2. The summed E-state index contributed by atoms with van der Waals surface area (Å²) in [6.07, 6.45) is 1.49. The van der Waals surface area contributed by atoms with Crippen molar-refractivity contribution in [3.63, 3.8) is 0 Å². The minimum atomic E-state index is -0.585. The first kappa shape index (κ1) is 13.2. The maximum absolute atomic E-state index is 12.7. The molecule has 1 aromatic heterocycles. The fourth-order valence-electron chi connectivity index (χ4n) is 1.48. The summed E-state index contributed by atoms with van der Waals surface area (Å²) >= 11 is 0. The Labute approximate surface area is 108 Å². The van der Waals surface area contributed by atoms with Gasteiger partial charge >= 0.3 is 0 Å². The molecule has 0 fully saturated rings. The van der Waals surface area contributed by atoms with Crippen molar-refractivity contribution < 1.29 is 14.3 Å². The molecule has 7 heteroatoms. The molecule has 19 heavy (non-hydrogen) atoms. The molecule has 0 saturated carbocycles. The Bertz CT molecular complexity index is 567. The van der Waals surface area contributed by atoms with Crippen LogP contribution in [0.5, 0.6) is 0 Å². The summed E-state index contributed by atoms with van der Waals surface area (Å²) in [7, 11) is 0. The number of carbonyl (C=O) groups is 1. The Morgan fingerprint density at radius 2 is 2.16 bits per heavy atom. The highest BCUT2D eigenvalue weighted by Crippen LogP contribution is 2.12. The van der Waals surface area contributed by atoms with Crippen LogP contribution in [-0.4, -0.2) is 26.0 Å². The second-order valence-corrected chi connectivity index (χ2v) is 4.02. The molecule has 6 nitrogen and oxygen atoms in total. The maximum atomic E-state index is 12.7. The molecule has 1 aromatic carbocycles. The monoisotopic (exact) mass is 264 g/mol. The molecule has 100 valence electrons. The molecule has 2 aromatic rings. The SMILES string of the molecule is CC(C(=O)Nc1ccc(F)cc1)n1cc(CO)nn1. The first-order chi connectivity index (χ1) is 9.10. The molecule has 0 aliphatic carbocycles. The summed E-state index contributed by atoms with van der Waals surface area (Å²) in [5.41, 5.74) is 0.891. The van der Waals surface area contributed by atoms with E-state index in [4.69, 9.17) is 5.11 Å². The van der Waals surface area contributed by atoms with Crippen LogP contribution < -0.4 is 5.32 Å². The van der Waals surface area contributed by atoms with Crippen molar-refractivity contribution in [1.29, 1.82) is 0 Å². The number of aromatic nitrogens is 3. The number of aliphatic hydroxyl groups is 1. The van der Waals surface area contributed by atoms with Gasteiger partial charge in [0.1, 0.15) is 17.6 Å². The number of carbonyl (C=O) groups excluding carboxylic acids is 1. The third-order valence-corrected chi connectivity index (χ3v) is 2.61. The summed E-state index contributed by atoms with van der Waals surface area (Å²) in [5, 5.41) is 19.0. The molecule has 1 atom stereocenters. The Kier molecular flexibility index (Phi) is 3.86. The standard InChI is InChI=1S/C12H13FN4O2/c1-8(17-6-11(7-18)15-16-17)12(19)14-10-4-2-9(13)3-5-10/h2-6,8,18H,7H2,1H3,(H,14,19). The van der Waals surface area contributed by atoms with Gasteiger partial charge in [0.25, 0.3) is 0 Å². The summed E-state index contributed by atoms with van der Waals surface area (Å²) < 4.78 is 14.1. The predicted octanol–water partition coefficient (Wildman–Crippen LogP) is 1.11. The Balaban J connectivity index is 2.04. The largest absolute Gasteiger partial charge is 0.390 e. The van der Waals surface area contributed by atoms with Gasteiger partial charge in [-0.15, -0.1) is 5.10 Å². The molecule has 0 bridgehead atoms. The molecule has 0 aliphatic rings. The Morgan fingerprint density at radius 1 is 1.47 bits per heavy atom. The first-order valence-electron chi connectivity index (χ1n) is 5.68. The number of benzene rings is 1. The molecule has 0 spiro atoms. The van der Waals surface area contributed by atoms with E-state index in [0.717, 1.165) is 0 Å². The number of rotatable bonds is 4. The Morgan fingerprint density at radius 3 is 2.74 bits per heavy atom. The van der Waals surface area contributed by atoms with Crippen molar-refractivity contribution in [2.24, 2.45) is 0 Å². The van der Waals surface area contributed by atoms with Crippen LogP contribution in [0.4, 0.5) is 10.1 Å². The Hall–Kier alpha value is -2.28. The minimum absolute atomic E-state index is 0.230. The van der Waals surface area contributed by atoms with Gasteiger partial charge in [-0.1, -0.05) is 5.21 Å². The lowest BCUT2D eigenvalue weighted by Gasteiger charge is -2.11. The fourth-order valence-corrected chi connectivity index (χ4v) is 1.48. The van der Waals surface area contributed by atoms with Crippen LogP contribution in [0.25, 0.3) is 0 Å². The number of aliphatic hydroxyl groups excluding tert-OH is 1. The lowest BCUT2D eigenvalue weighted by Crippen LogP contribution is -2.24. The van der Waals surface area contributed by atoms with Gasteiger partial charge in [0.05, 0.1) is 12.8 Å². The van der Waals surface area contributed by atoms with Gasteiger partial charge in [-0.3, -0.25) is 4.79 Å².